The Hall–Kier alpha value is -3.45. The van der Waals surface area contributed by atoms with Crippen molar-refractivity contribution in [2.24, 2.45) is 7.05 Å². The molecule has 2 heterocycles. The van der Waals surface area contributed by atoms with E-state index in [0.717, 1.165) is 22.9 Å². The molecule has 1 aliphatic heterocycles. The summed E-state index contributed by atoms with van der Waals surface area (Å²) in [5.74, 6) is -0.210. The molecule has 6 nitrogen and oxygen atoms in total. The highest BCUT2D eigenvalue weighted by molar-refractivity contribution is 8.26. The van der Waals surface area contributed by atoms with Gasteiger partial charge >= 0.3 is 0 Å². The van der Waals surface area contributed by atoms with Crippen molar-refractivity contribution >= 4 is 57.7 Å². The van der Waals surface area contributed by atoms with Gasteiger partial charge in [-0.3, -0.25) is 19.1 Å². The molecule has 1 N–H and O–H groups in total. The number of aromatic nitrogens is 1. The molecular formula is C26H20ClFN4O2S2. The van der Waals surface area contributed by atoms with E-state index >= 15 is 0 Å². The zero-order valence-electron chi connectivity index (χ0n) is 19.3. The lowest BCUT2D eigenvalue weighted by Crippen LogP contribution is -2.27. The second kappa shape index (κ2) is 10.7. The standard InChI is InChI=1S/C26H20ClFN4O2S2/c1-15-19(11-22-25(34)32(26(35)36-22)14-17-5-3-4-6-21(17)27)23(31(2)24(33)20(15)12-29)30-13-16-7-9-18(28)10-8-16/h3-11,30H,13-14H2,1-2H3/b22-11+. The van der Waals surface area contributed by atoms with E-state index in [1.807, 2.05) is 24.3 Å². The molecule has 1 saturated heterocycles. The number of amides is 1. The van der Waals surface area contributed by atoms with Gasteiger partial charge in [0.05, 0.1) is 11.4 Å². The van der Waals surface area contributed by atoms with Gasteiger partial charge in [-0.05, 0) is 47.9 Å². The summed E-state index contributed by atoms with van der Waals surface area (Å²) in [5.41, 5.74) is 2.06. The molecule has 0 saturated carbocycles. The lowest BCUT2D eigenvalue weighted by molar-refractivity contribution is -0.122. The van der Waals surface area contributed by atoms with E-state index < -0.39 is 5.56 Å². The molecule has 1 amide bonds. The van der Waals surface area contributed by atoms with E-state index in [2.05, 4.69) is 5.32 Å². The zero-order valence-corrected chi connectivity index (χ0v) is 21.7. The van der Waals surface area contributed by atoms with Gasteiger partial charge in [0.15, 0.2) is 0 Å². The third kappa shape index (κ3) is 5.07. The minimum Gasteiger partial charge on any atom is -0.367 e. The van der Waals surface area contributed by atoms with Gasteiger partial charge in [0.2, 0.25) is 0 Å². The first-order chi connectivity index (χ1) is 17.2. The Morgan fingerprint density at radius 3 is 2.56 bits per heavy atom. The Kier molecular flexibility index (Phi) is 7.59. The van der Waals surface area contributed by atoms with E-state index in [-0.39, 0.29) is 23.8 Å². The van der Waals surface area contributed by atoms with Crippen molar-refractivity contribution in [3.63, 3.8) is 0 Å². The highest BCUT2D eigenvalue weighted by Crippen LogP contribution is 2.36. The number of nitriles is 1. The summed E-state index contributed by atoms with van der Waals surface area (Å²) in [7, 11) is 1.55. The maximum absolute atomic E-state index is 13.3. The number of anilines is 1. The number of thioether (sulfide) groups is 1. The van der Waals surface area contributed by atoms with Crippen LogP contribution < -0.4 is 10.9 Å². The quantitative estimate of drug-likeness (QED) is 0.336. The van der Waals surface area contributed by atoms with Crippen LogP contribution in [-0.4, -0.2) is 19.7 Å². The number of pyridine rings is 1. The van der Waals surface area contributed by atoms with Crippen LogP contribution in [0.4, 0.5) is 10.2 Å². The third-order valence-electron chi connectivity index (χ3n) is 5.81. The van der Waals surface area contributed by atoms with Crippen LogP contribution in [0.5, 0.6) is 0 Å². The molecule has 0 radical (unpaired) electrons. The maximum atomic E-state index is 13.3. The third-order valence-corrected chi connectivity index (χ3v) is 7.55. The average molecular weight is 539 g/mol. The molecule has 1 aliphatic rings. The number of hydrogen-bond donors (Lipinski definition) is 1. The van der Waals surface area contributed by atoms with E-state index in [1.54, 1.807) is 38.2 Å². The molecule has 3 aromatic rings. The molecule has 0 bridgehead atoms. The SMILES string of the molecule is Cc1c(/C=C2/SC(=S)N(Cc3ccccc3Cl)C2=O)c(NCc2ccc(F)cc2)n(C)c(=O)c1C#N. The van der Waals surface area contributed by atoms with E-state index in [1.165, 1.54) is 21.6 Å². The normalized spacial score (nSPS) is 14.4. The average Bonchev–Trinajstić information content (AvgIpc) is 3.12. The fraction of sp³-hybridized carbons (Fsp3) is 0.154. The largest absolute Gasteiger partial charge is 0.367 e. The first kappa shape index (κ1) is 25.6. The number of nitrogens with zero attached hydrogens (tertiary/aromatic N) is 3. The van der Waals surface area contributed by atoms with Crippen molar-refractivity contribution in [1.82, 2.24) is 9.47 Å². The van der Waals surface area contributed by atoms with Gasteiger partial charge in [0.25, 0.3) is 11.5 Å². The predicted molar refractivity (Wildman–Crippen MR) is 145 cm³/mol. The Balaban J connectivity index is 1.72. The smallest absolute Gasteiger partial charge is 0.270 e. The first-order valence-electron chi connectivity index (χ1n) is 10.8. The second-order valence-corrected chi connectivity index (χ2v) is 10.2. The zero-order chi connectivity index (χ0) is 26.0. The second-order valence-electron chi connectivity index (χ2n) is 8.08. The topological polar surface area (TPSA) is 78.1 Å². The fourth-order valence-electron chi connectivity index (χ4n) is 3.80. The van der Waals surface area contributed by atoms with Crippen molar-refractivity contribution in [2.75, 3.05) is 5.32 Å². The predicted octanol–water partition coefficient (Wildman–Crippen LogP) is 5.37. The summed E-state index contributed by atoms with van der Waals surface area (Å²) in [4.78, 5) is 27.9. The van der Waals surface area contributed by atoms with Gasteiger partial charge in [-0.2, -0.15) is 5.26 Å². The van der Waals surface area contributed by atoms with Gasteiger partial charge < -0.3 is 5.32 Å². The van der Waals surface area contributed by atoms with E-state index in [9.17, 15) is 19.2 Å². The van der Waals surface area contributed by atoms with E-state index in [4.69, 9.17) is 23.8 Å². The molecular weight excluding hydrogens is 519 g/mol. The molecule has 1 aromatic heterocycles. The number of hydrogen-bond acceptors (Lipinski definition) is 6. The first-order valence-corrected chi connectivity index (χ1v) is 12.4. The van der Waals surface area contributed by atoms with Gasteiger partial charge in [0.1, 0.15) is 27.6 Å². The lowest BCUT2D eigenvalue weighted by Gasteiger charge is -2.18. The number of rotatable bonds is 6. The lowest BCUT2D eigenvalue weighted by atomic mass is 10.0. The Bertz CT molecular complexity index is 1510. The van der Waals surface area contributed by atoms with Crippen LogP contribution in [0.25, 0.3) is 6.08 Å². The Morgan fingerprint density at radius 1 is 1.19 bits per heavy atom. The van der Waals surface area contributed by atoms with Crippen LogP contribution in [0.15, 0.2) is 58.2 Å². The summed E-state index contributed by atoms with van der Waals surface area (Å²) < 4.78 is 15.0. The van der Waals surface area contributed by atoms with Crippen LogP contribution in [0.3, 0.4) is 0 Å². The summed E-state index contributed by atoms with van der Waals surface area (Å²) in [6.07, 6.45) is 1.65. The number of nitrogens with one attached hydrogen (secondary N) is 1. The van der Waals surface area contributed by atoms with E-state index in [0.29, 0.717) is 37.7 Å². The highest BCUT2D eigenvalue weighted by Gasteiger charge is 2.33. The van der Waals surface area contributed by atoms with Crippen molar-refractivity contribution < 1.29 is 9.18 Å². The molecule has 0 atom stereocenters. The van der Waals surface area contributed by atoms with Gasteiger partial charge in [-0.15, -0.1) is 0 Å². The van der Waals surface area contributed by atoms with Crippen molar-refractivity contribution in [3.8, 4) is 6.07 Å². The van der Waals surface area contributed by atoms with Crippen molar-refractivity contribution in [3.05, 3.63) is 102 Å². The van der Waals surface area contributed by atoms with Gasteiger partial charge in [-0.25, -0.2) is 4.39 Å². The summed E-state index contributed by atoms with van der Waals surface area (Å²) in [6, 6.07) is 15.2. The minimum atomic E-state index is -0.458. The number of carbonyl (C=O) groups excluding carboxylic acids is 1. The van der Waals surface area contributed by atoms with Crippen LogP contribution in [0, 0.1) is 24.1 Å². The fourth-order valence-corrected chi connectivity index (χ4v) is 5.23. The molecule has 0 spiro atoms. The van der Waals surface area contributed by atoms with Crippen LogP contribution in [0.2, 0.25) is 5.02 Å². The summed E-state index contributed by atoms with van der Waals surface area (Å²) >= 11 is 12.9. The number of thiocarbonyl (C=S) groups is 1. The molecule has 36 heavy (non-hydrogen) atoms. The van der Waals surface area contributed by atoms with Crippen LogP contribution >= 0.6 is 35.6 Å². The maximum Gasteiger partial charge on any atom is 0.270 e. The number of halogens is 2. The molecule has 2 aromatic carbocycles. The number of benzene rings is 2. The number of carbonyl (C=O) groups is 1. The Morgan fingerprint density at radius 2 is 1.89 bits per heavy atom. The van der Waals surface area contributed by atoms with Crippen molar-refractivity contribution in [2.45, 2.75) is 20.0 Å². The van der Waals surface area contributed by atoms with Gasteiger partial charge in [0, 0.05) is 24.2 Å². The van der Waals surface area contributed by atoms with Crippen LogP contribution in [0.1, 0.15) is 27.8 Å². The molecule has 0 aliphatic carbocycles. The molecule has 4 rings (SSSR count). The van der Waals surface area contributed by atoms with Crippen molar-refractivity contribution in [1.29, 1.82) is 5.26 Å². The molecule has 182 valence electrons. The molecule has 0 unspecified atom stereocenters. The van der Waals surface area contributed by atoms with Gasteiger partial charge in [-0.1, -0.05) is 65.9 Å². The molecule has 10 heteroatoms. The van der Waals surface area contributed by atoms with Crippen LogP contribution in [-0.2, 0) is 24.9 Å². The summed E-state index contributed by atoms with van der Waals surface area (Å²) in [5, 5.41) is 13.4. The molecule has 1 fully saturated rings. The highest BCUT2D eigenvalue weighted by atomic mass is 35.5. The summed E-state index contributed by atoms with van der Waals surface area (Å²) in [6.45, 7) is 2.19. The minimum absolute atomic E-state index is 0.0115. The Labute approximate surface area is 222 Å². The monoisotopic (exact) mass is 538 g/mol.